The highest BCUT2D eigenvalue weighted by atomic mass is 19.4. The summed E-state index contributed by atoms with van der Waals surface area (Å²) in [7, 11) is 1.96. The van der Waals surface area contributed by atoms with Crippen LogP contribution in [0.3, 0.4) is 0 Å². The number of aliphatic carboxylic acids is 2. The Labute approximate surface area is 211 Å². The second kappa shape index (κ2) is 12.7. The largest absolute Gasteiger partial charge is 0.490 e. The van der Waals surface area contributed by atoms with Gasteiger partial charge in [-0.3, -0.25) is 14.5 Å². The second-order valence-electron chi connectivity index (χ2n) is 8.36. The van der Waals surface area contributed by atoms with Crippen LogP contribution in [0.1, 0.15) is 40.5 Å². The van der Waals surface area contributed by atoms with Crippen LogP contribution in [0.4, 0.5) is 26.3 Å². The number of carboxylic acid groups (broad SMARTS) is 2. The van der Waals surface area contributed by atoms with Crippen LogP contribution in [0.15, 0.2) is 30.6 Å². The molecule has 1 aliphatic heterocycles. The van der Waals surface area contributed by atoms with E-state index in [9.17, 15) is 31.1 Å². The Kier molecular flexibility index (Phi) is 10.2. The molecule has 1 aliphatic carbocycles. The Morgan fingerprint density at radius 2 is 1.61 bits per heavy atom. The summed E-state index contributed by atoms with van der Waals surface area (Å²) in [5.41, 5.74) is 2.78. The van der Waals surface area contributed by atoms with Crippen LogP contribution < -0.4 is 0 Å². The normalized spacial score (nSPS) is 16.8. The summed E-state index contributed by atoms with van der Waals surface area (Å²) in [6, 6.07) is 5.43. The number of aromatic nitrogens is 3. The van der Waals surface area contributed by atoms with Crippen molar-refractivity contribution in [1.82, 2.24) is 19.7 Å². The zero-order valence-corrected chi connectivity index (χ0v) is 19.9. The van der Waals surface area contributed by atoms with E-state index < -0.39 is 24.3 Å². The first-order chi connectivity index (χ1) is 17.6. The lowest BCUT2D eigenvalue weighted by Crippen LogP contribution is -2.40. The number of aryl methyl sites for hydroxylation is 1. The fourth-order valence-corrected chi connectivity index (χ4v) is 3.36. The first-order valence-corrected chi connectivity index (χ1v) is 11.0. The number of ether oxygens (including phenoxy) is 1. The van der Waals surface area contributed by atoms with Gasteiger partial charge in [-0.25, -0.2) is 9.59 Å². The fourth-order valence-electron chi connectivity index (χ4n) is 3.36. The Morgan fingerprint density at radius 1 is 1.03 bits per heavy atom. The molecular formula is C22H24F6N4O6. The molecular weight excluding hydrogens is 530 g/mol. The van der Waals surface area contributed by atoms with E-state index in [1.54, 1.807) is 12.3 Å². The lowest BCUT2D eigenvalue weighted by Gasteiger charge is -2.33. The molecule has 2 aromatic heterocycles. The van der Waals surface area contributed by atoms with Crippen molar-refractivity contribution in [1.29, 1.82) is 0 Å². The summed E-state index contributed by atoms with van der Waals surface area (Å²) >= 11 is 0. The lowest BCUT2D eigenvalue weighted by molar-refractivity contribution is -0.193. The van der Waals surface area contributed by atoms with E-state index in [0.717, 1.165) is 18.1 Å². The molecule has 16 heteroatoms. The standard InChI is InChI=1S/C18H22N4O2.2C2HF3O2/c1-21-17-14(8-20-21)9-22(18(23)16-4-2-3-7-19-16)10-15(17)12-24-11-13-5-6-13;2*3-2(4,5)1(6)7/h2-4,7-8,13,15H,5-6,9-12H2,1H3;2*(H,6,7). The van der Waals surface area contributed by atoms with E-state index in [1.807, 2.05) is 35.0 Å². The lowest BCUT2D eigenvalue weighted by atomic mass is 9.96. The number of carbonyl (C=O) groups excluding carboxylic acids is 1. The summed E-state index contributed by atoms with van der Waals surface area (Å²) in [5.74, 6) is -4.64. The highest BCUT2D eigenvalue weighted by Crippen LogP contribution is 2.32. The quantitative estimate of drug-likeness (QED) is 0.538. The highest BCUT2D eigenvalue weighted by Gasteiger charge is 2.39. The van der Waals surface area contributed by atoms with Gasteiger partial charge in [0.1, 0.15) is 5.69 Å². The third-order valence-electron chi connectivity index (χ3n) is 5.28. The average Bonchev–Trinajstić information content (AvgIpc) is 3.59. The van der Waals surface area contributed by atoms with Crippen molar-refractivity contribution in [3.05, 3.63) is 47.5 Å². The first kappa shape index (κ1) is 30.5. The van der Waals surface area contributed by atoms with Gasteiger partial charge in [0.15, 0.2) is 0 Å². The van der Waals surface area contributed by atoms with Gasteiger partial charge >= 0.3 is 24.3 Å². The molecule has 3 heterocycles. The average molecular weight is 554 g/mol. The molecule has 1 fully saturated rings. The van der Waals surface area contributed by atoms with Gasteiger partial charge in [-0.15, -0.1) is 0 Å². The number of rotatable bonds is 5. The van der Waals surface area contributed by atoms with Crippen LogP contribution in [0, 0.1) is 5.92 Å². The minimum Gasteiger partial charge on any atom is -0.475 e. The summed E-state index contributed by atoms with van der Waals surface area (Å²) in [4.78, 5) is 36.6. The number of amides is 1. The molecule has 1 atom stereocenters. The third kappa shape index (κ3) is 9.32. The maximum atomic E-state index is 12.7. The van der Waals surface area contributed by atoms with Crippen molar-refractivity contribution in [3.63, 3.8) is 0 Å². The first-order valence-electron chi connectivity index (χ1n) is 11.0. The molecule has 0 aromatic carbocycles. The molecule has 0 radical (unpaired) electrons. The van der Waals surface area contributed by atoms with E-state index in [0.29, 0.717) is 25.4 Å². The monoisotopic (exact) mass is 554 g/mol. The third-order valence-corrected chi connectivity index (χ3v) is 5.28. The van der Waals surface area contributed by atoms with Crippen LogP contribution in [-0.4, -0.2) is 79.8 Å². The minimum atomic E-state index is -5.08. The highest BCUT2D eigenvalue weighted by molar-refractivity contribution is 5.92. The van der Waals surface area contributed by atoms with Crippen molar-refractivity contribution in [2.75, 3.05) is 19.8 Å². The number of pyridine rings is 1. The molecule has 1 saturated carbocycles. The molecule has 2 N–H and O–H groups in total. The van der Waals surface area contributed by atoms with Crippen LogP contribution in [-0.2, 0) is 27.9 Å². The number of alkyl halides is 6. The summed E-state index contributed by atoms with van der Waals surface area (Å²) < 4.78 is 71.3. The number of fused-ring (bicyclic) bond motifs is 1. The van der Waals surface area contributed by atoms with Gasteiger partial charge in [-0.1, -0.05) is 6.07 Å². The predicted molar refractivity (Wildman–Crippen MR) is 116 cm³/mol. The predicted octanol–water partition coefficient (Wildman–Crippen LogP) is 3.25. The van der Waals surface area contributed by atoms with Crippen molar-refractivity contribution in [2.24, 2.45) is 13.0 Å². The van der Waals surface area contributed by atoms with Crippen molar-refractivity contribution in [2.45, 2.75) is 37.7 Å². The molecule has 2 aromatic rings. The number of halogens is 6. The fraction of sp³-hybridized carbons (Fsp3) is 0.500. The van der Waals surface area contributed by atoms with Gasteiger partial charge in [-0.2, -0.15) is 31.4 Å². The van der Waals surface area contributed by atoms with E-state index in [2.05, 4.69) is 10.1 Å². The molecule has 0 saturated heterocycles. The van der Waals surface area contributed by atoms with E-state index in [4.69, 9.17) is 24.5 Å². The molecule has 38 heavy (non-hydrogen) atoms. The van der Waals surface area contributed by atoms with Crippen LogP contribution in [0.25, 0.3) is 0 Å². The number of nitrogens with zero attached hydrogens (tertiary/aromatic N) is 4. The topological polar surface area (TPSA) is 135 Å². The molecule has 210 valence electrons. The van der Waals surface area contributed by atoms with Crippen LogP contribution in [0.2, 0.25) is 0 Å². The molecule has 0 spiro atoms. The number of carboxylic acids is 2. The van der Waals surface area contributed by atoms with E-state index in [-0.39, 0.29) is 11.8 Å². The van der Waals surface area contributed by atoms with Crippen molar-refractivity contribution < 1.29 is 55.7 Å². The maximum absolute atomic E-state index is 12.7. The summed E-state index contributed by atoms with van der Waals surface area (Å²) in [6.07, 6.45) is -4.08. The maximum Gasteiger partial charge on any atom is 0.490 e. The summed E-state index contributed by atoms with van der Waals surface area (Å²) in [6.45, 7) is 2.69. The second-order valence-corrected chi connectivity index (χ2v) is 8.36. The van der Waals surface area contributed by atoms with Gasteiger partial charge in [0.25, 0.3) is 5.91 Å². The summed E-state index contributed by atoms with van der Waals surface area (Å²) in [5, 5.41) is 18.6. The van der Waals surface area contributed by atoms with Gasteiger partial charge in [0.05, 0.1) is 18.5 Å². The smallest absolute Gasteiger partial charge is 0.475 e. The van der Waals surface area contributed by atoms with Gasteiger partial charge < -0.3 is 19.8 Å². The Balaban J connectivity index is 0.000000301. The Morgan fingerprint density at radius 3 is 2.08 bits per heavy atom. The van der Waals surface area contributed by atoms with Gasteiger partial charge in [0.2, 0.25) is 0 Å². The molecule has 1 unspecified atom stereocenters. The van der Waals surface area contributed by atoms with E-state index >= 15 is 0 Å². The van der Waals surface area contributed by atoms with Gasteiger partial charge in [-0.05, 0) is 30.9 Å². The number of carbonyl (C=O) groups is 3. The van der Waals surface area contributed by atoms with Crippen molar-refractivity contribution >= 4 is 17.8 Å². The molecule has 10 nitrogen and oxygen atoms in total. The Hall–Kier alpha value is -3.69. The van der Waals surface area contributed by atoms with Crippen LogP contribution in [0.5, 0.6) is 0 Å². The number of hydrogen-bond donors (Lipinski definition) is 2. The zero-order chi connectivity index (χ0) is 28.7. The van der Waals surface area contributed by atoms with Crippen LogP contribution >= 0.6 is 0 Å². The molecule has 2 aliphatic rings. The Bertz CT molecular complexity index is 1080. The molecule has 0 bridgehead atoms. The SMILES string of the molecule is Cn1ncc2c1C(COCC1CC1)CN(C(=O)c1ccccn1)C2.O=C(O)C(F)(F)F.O=C(O)C(F)(F)F. The van der Waals surface area contributed by atoms with Gasteiger partial charge in [0, 0.05) is 44.4 Å². The minimum absolute atomic E-state index is 0.0303. The molecule has 4 rings (SSSR count). The van der Waals surface area contributed by atoms with E-state index in [1.165, 1.54) is 18.5 Å². The molecule has 1 amide bonds. The van der Waals surface area contributed by atoms with Crippen molar-refractivity contribution in [3.8, 4) is 0 Å². The zero-order valence-electron chi connectivity index (χ0n) is 19.9. The number of hydrogen-bond acceptors (Lipinski definition) is 6.